The third-order valence-electron chi connectivity index (χ3n) is 11.2. The van der Waals surface area contributed by atoms with E-state index in [1.165, 1.54) is 5.39 Å². The molecule has 0 spiro atoms. The number of phenolic OH excluding ortho intramolecular Hbond substituents is 3. The zero-order valence-electron chi connectivity index (χ0n) is 29.8. The van der Waals surface area contributed by atoms with E-state index in [0.717, 1.165) is 49.5 Å². The van der Waals surface area contributed by atoms with E-state index in [2.05, 4.69) is 97.1 Å². The number of para-hydroxylation sites is 1. The number of benzene rings is 9. The van der Waals surface area contributed by atoms with Gasteiger partial charge in [0.1, 0.15) is 11.4 Å². The highest BCUT2D eigenvalue weighted by Crippen LogP contribution is 2.66. The summed E-state index contributed by atoms with van der Waals surface area (Å²) in [7, 11) is 0. The molecule has 0 bridgehead atoms. The van der Waals surface area contributed by atoms with Gasteiger partial charge in [0, 0.05) is 22.5 Å². The van der Waals surface area contributed by atoms with Crippen LogP contribution in [-0.4, -0.2) is 15.3 Å². The minimum absolute atomic E-state index is 0.0898. The molecule has 0 radical (unpaired) electrons. The molecule has 0 fully saturated rings. The van der Waals surface area contributed by atoms with E-state index < -0.39 is 11.2 Å². The molecule has 262 valence electrons. The highest BCUT2D eigenvalue weighted by Gasteiger charge is 2.51. The van der Waals surface area contributed by atoms with Gasteiger partial charge in [-0.05, 0) is 85.3 Å². The van der Waals surface area contributed by atoms with E-state index >= 15 is 0 Å². The SMILES string of the molecule is Oc1c(O)c(N(c2ccccc2)c2cccc(-c3cc4ccccc4c4ccccc34)c2)c(O)c2c1-c1ccccc1C2(c1ccccc1)c1ccccc1. The van der Waals surface area contributed by atoms with Crippen molar-refractivity contribution < 1.29 is 15.3 Å². The van der Waals surface area contributed by atoms with Gasteiger partial charge in [-0.2, -0.15) is 0 Å². The maximum atomic E-state index is 13.1. The molecule has 0 atom stereocenters. The van der Waals surface area contributed by atoms with Crippen molar-refractivity contribution in [3.05, 3.63) is 216 Å². The molecule has 55 heavy (non-hydrogen) atoms. The largest absolute Gasteiger partial charge is 0.505 e. The summed E-state index contributed by atoms with van der Waals surface area (Å²) in [5.74, 6) is -0.824. The summed E-state index contributed by atoms with van der Waals surface area (Å²) in [5.41, 5.74) is 6.93. The molecule has 4 heteroatoms. The topological polar surface area (TPSA) is 63.9 Å². The van der Waals surface area contributed by atoms with E-state index in [1.807, 2.05) is 102 Å². The molecular weight excluding hydrogens is 675 g/mol. The zero-order chi connectivity index (χ0) is 37.1. The van der Waals surface area contributed by atoms with E-state index in [9.17, 15) is 15.3 Å². The number of phenols is 3. The van der Waals surface area contributed by atoms with Crippen LogP contribution in [0.25, 0.3) is 43.8 Å². The molecule has 0 saturated carbocycles. The average molecular weight is 710 g/mol. The van der Waals surface area contributed by atoms with Gasteiger partial charge < -0.3 is 20.2 Å². The quantitative estimate of drug-likeness (QED) is 0.0914. The van der Waals surface area contributed by atoms with E-state index in [1.54, 1.807) is 0 Å². The van der Waals surface area contributed by atoms with Crippen molar-refractivity contribution in [3.8, 4) is 39.5 Å². The molecule has 0 amide bonds. The molecule has 9 aromatic rings. The highest BCUT2D eigenvalue weighted by molar-refractivity contribution is 6.14. The van der Waals surface area contributed by atoms with E-state index in [0.29, 0.717) is 22.5 Å². The fourth-order valence-electron chi connectivity index (χ4n) is 8.93. The van der Waals surface area contributed by atoms with E-state index in [4.69, 9.17) is 0 Å². The minimum Gasteiger partial charge on any atom is -0.505 e. The number of fused-ring (bicyclic) bond motifs is 6. The maximum absolute atomic E-state index is 13.1. The zero-order valence-corrected chi connectivity index (χ0v) is 29.8. The Bertz CT molecular complexity index is 2870. The second kappa shape index (κ2) is 12.7. The van der Waals surface area contributed by atoms with Crippen LogP contribution in [0.1, 0.15) is 22.3 Å². The Morgan fingerprint density at radius 2 is 0.964 bits per heavy atom. The Kier molecular flexibility index (Phi) is 7.46. The first-order valence-electron chi connectivity index (χ1n) is 18.5. The lowest BCUT2D eigenvalue weighted by atomic mass is 9.67. The van der Waals surface area contributed by atoms with Crippen molar-refractivity contribution in [3.63, 3.8) is 0 Å². The monoisotopic (exact) mass is 709 g/mol. The van der Waals surface area contributed by atoms with Gasteiger partial charge in [0.2, 0.25) is 0 Å². The van der Waals surface area contributed by atoms with Gasteiger partial charge in [-0.25, -0.2) is 0 Å². The molecule has 0 heterocycles. The minimum atomic E-state index is -1.02. The third-order valence-corrected chi connectivity index (χ3v) is 11.2. The van der Waals surface area contributed by atoms with Crippen LogP contribution >= 0.6 is 0 Å². The van der Waals surface area contributed by atoms with Crippen LogP contribution in [0.15, 0.2) is 194 Å². The summed E-state index contributed by atoms with van der Waals surface area (Å²) in [5, 5.41) is 42.3. The van der Waals surface area contributed by atoms with Crippen molar-refractivity contribution in [2.24, 2.45) is 0 Å². The lowest BCUT2D eigenvalue weighted by Crippen LogP contribution is -2.29. The second-order valence-electron chi connectivity index (χ2n) is 14.1. The first kappa shape index (κ1) is 32.4. The predicted molar refractivity (Wildman–Crippen MR) is 224 cm³/mol. The fraction of sp³-hybridized carbons (Fsp3) is 0.0196. The Labute approximate surface area is 319 Å². The molecule has 0 saturated heterocycles. The second-order valence-corrected chi connectivity index (χ2v) is 14.1. The normalized spacial score (nSPS) is 12.7. The van der Waals surface area contributed by atoms with Crippen molar-refractivity contribution in [1.29, 1.82) is 0 Å². The molecule has 9 aromatic carbocycles. The standard InChI is InChI=1S/C51H35NO3/c53-48-45-42-29-14-15-30-44(42)51(35-19-4-1-5-20-35,36-21-6-2-7-22-36)46(45)49(54)47(50(48)55)52(37-23-8-3-9-24-37)38-25-16-18-33(31-38)43-32-34-17-10-11-26-39(34)40-27-12-13-28-41(40)43/h1-32,53-55H. The molecule has 1 aliphatic rings. The van der Waals surface area contributed by atoms with Crippen molar-refractivity contribution in [2.45, 2.75) is 5.41 Å². The molecule has 4 nitrogen and oxygen atoms in total. The summed E-state index contributed by atoms with van der Waals surface area (Å²) in [6.07, 6.45) is 0. The number of rotatable bonds is 6. The van der Waals surface area contributed by atoms with Gasteiger partial charge in [-0.3, -0.25) is 0 Å². The summed E-state index contributed by atoms with van der Waals surface area (Å²) >= 11 is 0. The molecular formula is C51H35NO3. The molecule has 0 aliphatic heterocycles. The van der Waals surface area contributed by atoms with Crippen molar-refractivity contribution >= 4 is 38.6 Å². The molecule has 3 N–H and O–H groups in total. The van der Waals surface area contributed by atoms with Crippen LogP contribution in [0, 0.1) is 0 Å². The number of aromatic hydroxyl groups is 3. The summed E-state index contributed by atoms with van der Waals surface area (Å²) in [4.78, 5) is 1.85. The van der Waals surface area contributed by atoms with Crippen LogP contribution in [0.3, 0.4) is 0 Å². The predicted octanol–water partition coefficient (Wildman–Crippen LogP) is 12.6. The van der Waals surface area contributed by atoms with Crippen LogP contribution in [0.4, 0.5) is 17.1 Å². The van der Waals surface area contributed by atoms with Crippen molar-refractivity contribution in [2.75, 3.05) is 4.90 Å². The lowest BCUT2D eigenvalue weighted by Gasteiger charge is -2.36. The van der Waals surface area contributed by atoms with Gasteiger partial charge in [-0.15, -0.1) is 0 Å². The van der Waals surface area contributed by atoms with Gasteiger partial charge in [0.05, 0.1) is 5.41 Å². The van der Waals surface area contributed by atoms with Crippen LogP contribution in [0.5, 0.6) is 17.2 Å². The van der Waals surface area contributed by atoms with Crippen molar-refractivity contribution in [1.82, 2.24) is 0 Å². The lowest BCUT2D eigenvalue weighted by molar-refractivity contribution is 0.397. The Morgan fingerprint density at radius 1 is 0.400 bits per heavy atom. The molecule has 1 aliphatic carbocycles. The molecule has 0 aromatic heterocycles. The fourth-order valence-corrected chi connectivity index (χ4v) is 8.93. The Morgan fingerprint density at radius 3 is 1.67 bits per heavy atom. The Hall–Kier alpha value is -7.30. The van der Waals surface area contributed by atoms with Gasteiger partial charge in [0.25, 0.3) is 0 Å². The number of anilines is 3. The summed E-state index contributed by atoms with van der Waals surface area (Å²) in [6, 6.07) is 65.0. The van der Waals surface area contributed by atoms with Crippen LogP contribution in [0.2, 0.25) is 0 Å². The Balaban J connectivity index is 1.28. The first-order valence-corrected chi connectivity index (χ1v) is 18.5. The van der Waals surface area contributed by atoms with E-state index in [-0.39, 0.29) is 17.2 Å². The smallest absolute Gasteiger partial charge is 0.186 e. The maximum Gasteiger partial charge on any atom is 0.186 e. The van der Waals surface area contributed by atoms with Crippen LogP contribution in [-0.2, 0) is 5.41 Å². The molecule has 10 rings (SSSR count). The number of nitrogens with zero attached hydrogens (tertiary/aromatic N) is 1. The van der Waals surface area contributed by atoms with Gasteiger partial charge >= 0.3 is 0 Å². The highest BCUT2D eigenvalue weighted by atomic mass is 16.3. The number of hydrogen-bond acceptors (Lipinski definition) is 4. The van der Waals surface area contributed by atoms with Gasteiger partial charge in [0.15, 0.2) is 11.5 Å². The summed E-state index contributed by atoms with van der Waals surface area (Å²) < 4.78 is 0. The van der Waals surface area contributed by atoms with Gasteiger partial charge in [-0.1, -0.05) is 164 Å². The first-order chi connectivity index (χ1) is 27.1. The third kappa shape index (κ3) is 4.78. The molecule has 0 unspecified atom stereocenters. The number of hydrogen-bond donors (Lipinski definition) is 3. The average Bonchev–Trinajstić information content (AvgIpc) is 3.57. The summed E-state index contributed by atoms with van der Waals surface area (Å²) in [6.45, 7) is 0. The van der Waals surface area contributed by atoms with Crippen LogP contribution < -0.4 is 4.90 Å².